The fraction of sp³-hybridized carbons (Fsp3) is 0.300. The van der Waals surface area contributed by atoms with Crippen molar-refractivity contribution in [3.05, 3.63) is 62.5 Å². The summed E-state index contributed by atoms with van der Waals surface area (Å²) in [5.74, 6) is -0.221. The largest absolute Gasteiger partial charge is 0.467 e. The van der Waals surface area contributed by atoms with Crippen molar-refractivity contribution in [3.63, 3.8) is 0 Å². The van der Waals surface area contributed by atoms with Crippen molar-refractivity contribution in [1.82, 2.24) is 20.2 Å². The highest BCUT2D eigenvalue weighted by Crippen LogP contribution is 2.29. The number of esters is 1. The molecule has 1 aliphatic heterocycles. The molecule has 4 heterocycles. The molecule has 0 unspecified atom stereocenters. The Balaban J connectivity index is 1.84. The van der Waals surface area contributed by atoms with E-state index >= 15 is 0 Å². The first-order valence-electron chi connectivity index (χ1n) is 9.37. The number of urea groups is 1. The van der Waals surface area contributed by atoms with Gasteiger partial charge in [-0.3, -0.25) is 9.36 Å². The van der Waals surface area contributed by atoms with Gasteiger partial charge in [-0.15, -0.1) is 11.3 Å². The molecule has 0 aliphatic carbocycles. The van der Waals surface area contributed by atoms with Crippen LogP contribution in [0.1, 0.15) is 29.2 Å². The molecule has 9 nitrogen and oxygen atoms in total. The van der Waals surface area contributed by atoms with Gasteiger partial charge in [0.2, 0.25) is 0 Å². The Labute approximate surface area is 175 Å². The molecule has 0 radical (unpaired) electrons. The van der Waals surface area contributed by atoms with Crippen LogP contribution in [0.15, 0.2) is 45.2 Å². The molecule has 0 aromatic carbocycles. The SMILES string of the molecule is CCOC(=O)C1=C(Cn2cnc3sc(C)c(C)c3c2=O)NC(=O)N[C@H]1c1ccco1. The van der Waals surface area contributed by atoms with Gasteiger partial charge in [-0.05, 0) is 38.5 Å². The number of aromatic nitrogens is 2. The molecule has 1 aliphatic rings. The average Bonchev–Trinajstić information content (AvgIpc) is 3.33. The minimum absolute atomic E-state index is 0.0467. The van der Waals surface area contributed by atoms with Crippen LogP contribution >= 0.6 is 11.3 Å². The Bertz CT molecular complexity index is 1220. The van der Waals surface area contributed by atoms with Gasteiger partial charge in [0.05, 0.1) is 42.4 Å². The number of hydrogen-bond acceptors (Lipinski definition) is 7. The van der Waals surface area contributed by atoms with E-state index in [4.69, 9.17) is 9.15 Å². The first kappa shape index (κ1) is 19.9. The lowest BCUT2D eigenvalue weighted by molar-refractivity contribution is -0.139. The first-order valence-corrected chi connectivity index (χ1v) is 10.2. The Morgan fingerprint density at radius 2 is 2.17 bits per heavy atom. The van der Waals surface area contributed by atoms with Crippen LogP contribution in [-0.4, -0.2) is 28.2 Å². The highest BCUT2D eigenvalue weighted by molar-refractivity contribution is 7.18. The Hall–Kier alpha value is -3.40. The lowest BCUT2D eigenvalue weighted by atomic mass is 10.00. The summed E-state index contributed by atoms with van der Waals surface area (Å²) in [5, 5.41) is 5.86. The van der Waals surface area contributed by atoms with E-state index in [1.165, 1.54) is 28.5 Å². The van der Waals surface area contributed by atoms with E-state index in [-0.39, 0.29) is 30.0 Å². The normalized spacial score (nSPS) is 16.5. The third-order valence-corrected chi connectivity index (χ3v) is 6.08. The molecule has 0 saturated heterocycles. The standard InChI is InChI=1S/C20H20N4O5S/c1-4-28-19(26)15-12(22-20(27)23-16(15)13-6-5-7-29-13)8-24-9-21-17-14(18(24)25)10(2)11(3)30-17/h5-7,9,16H,4,8H2,1-3H3,(H2,22,23,27)/t16-/m0/s1. The van der Waals surface area contributed by atoms with Crippen LogP contribution in [0, 0.1) is 13.8 Å². The van der Waals surface area contributed by atoms with Gasteiger partial charge in [0.1, 0.15) is 16.6 Å². The predicted molar refractivity (Wildman–Crippen MR) is 110 cm³/mol. The van der Waals surface area contributed by atoms with Crippen LogP contribution < -0.4 is 16.2 Å². The smallest absolute Gasteiger partial charge is 0.338 e. The number of allylic oxidation sites excluding steroid dienone is 1. The molecule has 30 heavy (non-hydrogen) atoms. The number of aryl methyl sites for hydroxylation is 2. The number of amides is 2. The zero-order valence-corrected chi connectivity index (χ0v) is 17.5. The van der Waals surface area contributed by atoms with E-state index < -0.39 is 18.0 Å². The van der Waals surface area contributed by atoms with E-state index in [0.29, 0.717) is 16.0 Å². The number of hydrogen-bond donors (Lipinski definition) is 2. The number of ether oxygens (including phenoxy) is 1. The summed E-state index contributed by atoms with van der Waals surface area (Å²) in [6.45, 7) is 5.63. The molecular formula is C20H20N4O5S. The van der Waals surface area contributed by atoms with Crippen molar-refractivity contribution in [2.75, 3.05) is 6.61 Å². The molecule has 0 fully saturated rings. The highest BCUT2D eigenvalue weighted by atomic mass is 32.1. The van der Waals surface area contributed by atoms with Crippen LogP contribution in [-0.2, 0) is 16.1 Å². The molecule has 0 spiro atoms. The fourth-order valence-corrected chi connectivity index (χ4v) is 4.40. The van der Waals surface area contributed by atoms with Crippen LogP contribution in [0.5, 0.6) is 0 Å². The molecular weight excluding hydrogens is 408 g/mol. The van der Waals surface area contributed by atoms with Gasteiger partial charge in [0, 0.05) is 4.88 Å². The van der Waals surface area contributed by atoms with Gasteiger partial charge < -0.3 is 19.8 Å². The van der Waals surface area contributed by atoms with Crippen molar-refractivity contribution in [2.45, 2.75) is 33.4 Å². The second-order valence-electron chi connectivity index (χ2n) is 6.80. The van der Waals surface area contributed by atoms with Crippen molar-refractivity contribution in [1.29, 1.82) is 0 Å². The first-order chi connectivity index (χ1) is 14.4. The number of fused-ring (bicyclic) bond motifs is 1. The molecule has 2 amide bonds. The second-order valence-corrected chi connectivity index (χ2v) is 8.00. The molecule has 0 saturated carbocycles. The van der Waals surface area contributed by atoms with E-state index in [1.54, 1.807) is 19.1 Å². The van der Waals surface area contributed by atoms with E-state index in [2.05, 4.69) is 15.6 Å². The lowest BCUT2D eigenvalue weighted by Crippen LogP contribution is -2.47. The van der Waals surface area contributed by atoms with Crippen molar-refractivity contribution >= 4 is 33.6 Å². The number of carbonyl (C=O) groups is 2. The number of nitrogens with one attached hydrogen (secondary N) is 2. The molecule has 3 aromatic heterocycles. The minimum Gasteiger partial charge on any atom is -0.467 e. The molecule has 3 aromatic rings. The molecule has 4 rings (SSSR count). The Kier molecular flexibility index (Phi) is 5.17. The summed E-state index contributed by atoms with van der Waals surface area (Å²) in [5.41, 5.74) is 1.08. The summed E-state index contributed by atoms with van der Waals surface area (Å²) in [4.78, 5) is 44.2. The molecule has 2 N–H and O–H groups in total. The van der Waals surface area contributed by atoms with Gasteiger partial charge in [0.15, 0.2) is 0 Å². The summed E-state index contributed by atoms with van der Waals surface area (Å²) in [7, 11) is 0. The van der Waals surface area contributed by atoms with E-state index in [0.717, 1.165) is 10.4 Å². The van der Waals surface area contributed by atoms with Crippen LogP contribution in [0.2, 0.25) is 0 Å². The number of furan rings is 1. The average molecular weight is 428 g/mol. The van der Waals surface area contributed by atoms with Gasteiger partial charge >= 0.3 is 12.0 Å². The zero-order chi connectivity index (χ0) is 21.4. The van der Waals surface area contributed by atoms with Crippen LogP contribution in [0.4, 0.5) is 4.79 Å². The maximum atomic E-state index is 13.1. The summed E-state index contributed by atoms with van der Waals surface area (Å²) in [6.07, 6.45) is 2.88. The Morgan fingerprint density at radius 3 is 2.87 bits per heavy atom. The maximum absolute atomic E-state index is 13.1. The Morgan fingerprint density at radius 1 is 1.37 bits per heavy atom. The number of rotatable bonds is 5. The fourth-order valence-electron chi connectivity index (χ4n) is 3.41. The molecule has 10 heteroatoms. The van der Waals surface area contributed by atoms with Gasteiger partial charge in [0.25, 0.3) is 5.56 Å². The molecule has 0 bridgehead atoms. The predicted octanol–water partition coefficient (Wildman–Crippen LogP) is 2.54. The molecule has 156 valence electrons. The zero-order valence-electron chi connectivity index (χ0n) is 16.6. The van der Waals surface area contributed by atoms with Crippen molar-refractivity contribution in [2.24, 2.45) is 0 Å². The van der Waals surface area contributed by atoms with E-state index in [9.17, 15) is 14.4 Å². The van der Waals surface area contributed by atoms with Crippen molar-refractivity contribution < 1.29 is 18.7 Å². The number of nitrogens with zero attached hydrogens (tertiary/aromatic N) is 2. The summed E-state index contributed by atoms with van der Waals surface area (Å²) >= 11 is 1.46. The summed E-state index contributed by atoms with van der Waals surface area (Å²) in [6, 6.07) is 1.98. The quantitative estimate of drug-likeness (QED) is 0.604. The van der Waals surface area contributed by atoms with E-state index in [1.807, 2.05) is 13.8 Å². The van der Waals surface area contributed by atoms with Crippen molar-refractivity contribution in [3.8, 4) is 0 Å². The van der Waals surface area contributed by atoms with Gasteiger partial charge in [-0.2, -0.15) is 0 Å². The third-order valence-electron chi connectivity index (χ3n) is 4.96. The van der Waals surface area contributed by atoms with Crippen LogP contribution in [0.3, 0.4) is 0 Å². The maximum Gasteiger partial charge on any atom is 0.338 e. The topological polar surface area (TPSA) is 115 Å². The lowest BCUT2D eigenvalue weighted by Gasteiger charge is -2.28. The third kappa shape index (κ3) is 3.39. The monoisotopic (exact) mass is 428 g/mol. The molecule has 1 atom stereocenters. The highest BCUT2D eigenvalue weighted by Gasteiger charge is 2.35. The van der Waals surface area contributed by atoms with Crippen LogP contribution in [0.25, 0.3) is 10.2 Å². The number of thiophene rings is 1. The van der Waals surface area contributed by atoms with Gasteiger partial charge in [-0.1, -0.05) is 0 Å². The van der Waals surface area contributed by atoms with Gasteiger partial charge in [-0.25, -0.2) is 14.6 Å². The number of carbonyl (C=O) groups excluding carboxylic acids is 2. The minimum atomic E-state index is -0.833. The second kappa shape index (κ2) is 7.79. The summed E-state index contributed by atoms with van der Waals surface area (Å²) < 4.78 is 12.0.